The van der Waals surface area contributed by atoms with Gasteiger partial charge in [-0.15, -0.1) is 0 Å². The van der Waals surface area contributed by atoms with Crippen molar-refractivity contribution in [1.82, 2.24) is 10.2 Å². The highest BCUT2D eigenvalue weighted by Gasteiger charge is 2.43. The molecule has 1 aromatic rings. The topological polar surface area (TPSA) is 27.6 Å². The van der Waals surface area contributed by atoms with E-state index in [9.17, 15) is 8.78 Å². The number of nitrogens with zero attached hydrogens (tertiary/aromatic N) is 2. The first-order valence-corrected chi connectivity index (χ1v) is 7.83. The lowest BCUT2D eigenvalue weighted by molar-refractivity contribution is 0.370. The predicted octanol–water partition coefficient (Wildman–Crippen LogP) is 3.13. The molecule has 0 bridgehead atoms. The Balaban J connectivity index is 1.66. The predicted molar refractivity (Wildman–Crippen MR) is 84.0 cm³/mol. The lowest BCUT2D eigenvalue weighted by atomic mass is 9.93. The maximum atomic E-state index is 13.8. The Labute approximate surface area is 130 Å². The molecule has 1 heterocycles. The molecule has 22 heavy (non-hydrogen) atoms. The Morgan fingerprint density at radius 3 is 2.55 bits per heavy atom. The van der Waals surface area contributed by atoms with Gasteiger partial charge in [0.25, 0.3) is 0 Å². The molecule has 1 N–H and O–H groups in total. The molecule has 5 heteroatoms. The first-order chi connectivity index (χ1) is 10.4. The van der Waals surface area contributed by atoms with Crippen LogP contribution in [0.5, 0.6) is 0 Å². The fourth-order valence-electron chi connectivity index (χ4n) is 3.29. The van der Waals surface area contributed by atoms with E-state index in [2.05, 4.69) is 29.1 Å². The molecule has 0 radical (unpaired) electrons. The number of hydrogen-bond donors (Lipinski definition) is 1. The first-order valence-electron chi connectivity index (χ1n) is 7.83. The molecule has 0 amide bonds. The number of benzene rings is 1. The molecule has 1 saturated heterocycles. The molecule has 3 rings (SSSR count). The minimum Gasteiger partial charge on any atom is -0.353 e. The van der Waals surface area contributed by atoms with Crippen molar-refractivity contribution in [3.8, 4) is 0 Å². The van der Waals surface area contributed by atoms with Crippen LogP contribution in [0.4, 0.5) is 8.78 Å². The maximum absolute atomic E-state index is 13.8. The lowest BCUT2D eigenvalue weighted by Gasteiger charge is -2.24. The van der Waals surface area contributed by atoms with Gasteiger partial charge in [-0.25, -0.2) is 8.78 Å². The van der Waals surface area contributed by atoms with E-state index in [0.29, 0.717) is 0 Å². The fraction of sp³-hybridized carbons (Fsp3) is 0.588. The van der Waals surface area contributed by atoms with Crippen LogP contribution in [-0.4, -0.2) is 37.0 Å². The number of likely N-dealkylation sites (tertiary alicyclic amines) is 1. The normalized spacial score (nSPS) is 27.1. The van der Waals surface area contributed by atoms with E-state index in [4.69, 9.17) is 0 Å². The van der Waals surface area contributed by atoms with Crippen LogP contribution in [0.2, 0.25) is 0 Å². The molecular weight excluding hydrogens is 284 g/mol. The second-order valence-corrected chi connectivity index (χ2v) is 7.11. The summed E-state index contributed by atoms with van der Waals surface area (Å²) in [6.07, 6.45) is 1.87. The Morgan fingerprint density at radius 1 is 1.32 bits per heavy atom. The minimum atomic E-state index is -0.452. The average molecular weight is 307 g/mol. The largest absolute Gasteiger partial charge is 0.353 e. The third-order valence-electron chi connectivity index (χ3n) is 4.66. The number of aliphatic imine (C=N–C) groups is 1. The summed E-state index contributed by atoms with van der Waals surface area (Å²) in [5.74, 6) is -0.165. The van der Waals surface area contributed by atoms with Gasteiger partial charge >= 0.3 is 0 Å². The van der Waals surface area contributed by atoms with Crippen LogP contribution >= 0.6 is 0 Å². The van der Waals surface area contributed by atoms with Crippen molar-refractivity contribution in [3.05, 3.63) is 35.4 Å². The van der Waals surface area contributed by atoms with Crippen molar-refractivity contribution in [1.29, 1.82) is 0 Å². The Kier molecular flexibility index (Phi) is 3.83. The van der Waals surface area contributed by atoms with Crippen LogP contribution in [0.15, 0.2) is 23.2 Å². The molecule has 1 aliphatic carbocycles. The molecule has 3 nitrogen and oxygen atoms in total. The lowest BCUT2D eigenvalue weighted by Crippen LogP contribution is -2.42. The molecule has 2 unspecified atom stereocenters. The van der Waals surface area contributed by atoms with Gasteiger partial charge in [-0.05, 0) is 30.4 Å². The molecule has 2 aliphatic rings. The molecular formula is C17H23F2N3. The highest BCUT2D eigenvalue weighted by atomic mass is 19.1. The van der Waals surface area contributed by atoms with Gasteiger partial charge in [-0.3, -0.25) is 4.99 Å². The van der Waals surface area contributed by atoms with Gasteiger partial charge in [0.1, 0.15) is 11.6 Å². The summed E-state index contributed by atoms with van der Waals surface area (Å²) >= 11 is 0. The second kappa shape index (κ2) is 5.52. The van der Waals surface area contributed by atoms with E-state index < -0.39 is 11.6 Å². The number of guanidine groups is 1. The van der Waals surface area contributed by atoms with Gasteiger partial charge in [-0.1, -0.05) is 19.9 Å². The van der Waals surface area contributed by atoms with Crippen molar-refractivity contribution in [2.75, 3.05) is 20.1 Å². The molecule has 2 fully saturated rings. The summed E-state index contributed by atoms with van der Waals surface area (Å²) in [5, 5.41) is 3.37. The van der Waals surface area contributed by atoms with Gasteiger partial charge in [0.2, 0.25) is 0 Å². The highest BCUT2D eigenvalue weighted by Crippen LogP contribution is 2.43. The summed E-state index contributed by atoms with van der Waals surface area (Å²) in [6, 6.07) is 4.12. The van der Waals surface area contributed by atoms with E-state index >= 15 is 0 Å². The van der Waals surface area contributed by atoms with E-state index in [1.807, 2.05) is 0 Å². The third kappa shape index (κ3) is 2.94. The molecule has 0 aromatic heterocycles. The van der Waals surface area contributed by atoms with Gasteiger partial charge < -0.3 is 10.2 Å². The smallest absolute Gasteiger partial charge is 0.193 e. The van der Waals surface area contributed by atoms with Gasteiger partial charge in [0.05, 0.1) is 0 Å². The van der Waals surface area contributed by atoms with E-state index in [-0.39, 0.29) is 22.9 Å². The molecule has 1 aromatic carbocycles. The molecule has 2 atom stereocenters. The average Bonchev–Trinajstić information content (AvgIpc) is 3.10. The monoisotopic (exact) mass is 307 g/mol. The molecule has 1 saturated carbocycles. The van der Waals surface area contributed by atoms with Crippen molar-refractivity contribution in [2.24, 2.45) is 10.4 Å². The molecule has 1 aliphatic heterocycles. The van der Waals surface area contributed by atoms with Gasteiger partial charge in [0, 0.05) is 37.7 Å². The highest BCUT2D eigenvalue weighted by molar-refractivity contribution is 5.81. The van der Waals surface area contributed by atoms with E-state index in [1.54, 1.807) is 7.05 Å². The van der Waals surface area contributed by atoms with Crippen LogP contribution in [0, 0.1) is 17.0 Å². The molecule has 120 valence electrons. The zero-order chi connectivity index (χ0) is 15.9. The molecule has 0 spiro atoms. The Hall–Kier alpha value is -1.65. The van der Waals surface area contributed by atoms with Crippen LogP contribution in [-0.2, 0) is 0 Å². The quantitative estimate of drug-likeness (QED) is 0.671. The summed E-state index contributed by atoms with van der Waals surface area (Å²) in [5.41, 5.74) is 0.496. The zero-order valence-corrected chi connectivity index (χ0v) is 13.4. The van der Waals surface area contributed by atoms with E-state index in [1.165, 1.54) is 18.2 Å². The van der Waals surface area contributed by atoms with Crippen LogP contribution in [0.3, 0.4) is 0 Å². The summed E-state index contributed by atoms with van der Waals surface area (Å²) in [4.78, 5) is 6.56. The van der Waals surface area contributed by atoms with Crippen molar-refractivity contribution < 1.29 is 8.78 Å². The number of rotatable bonds is 2. The van der Waals surface area contributed by atoms with Crippen LogP contribution in [0.25, 0.3) is 0 Å². The maximum Gasteiger partial charge on any atom is 0.193 e. The Morgan fingerprint density at radius 2 is 2.00 bits per heavy atom. The summed E-state index contributed by atoms with van der Waals surface area (Å²) < 4.78 is 27.7. The number of halogens is 2. The van der Waals surface area contributed by atoms with Gasteiger partial charge in [0.15, 0.2) is 5.96 Å². The van der Waals surface area contributed by atoms with Crippen LogP contribution < -0.4 is 5.32 Å². The fourth-order valence-corrected chi connectivity index (χ4v) is 3.29. The minimum absolute atomic E-state index is 0.0637. The number of nitrogens with one attached hydrogen (secondary N) is 1. The van der Waals surface area contributed by atoms with Gasteiger partial charge in [-0.2, -0.15) is 0 Å². The van der Waals surface area contributed by atoms with Crippen molar-refractivity contribution in [2.45, 2.75) is 38.6 Å². The SMILES string of the molecule is CN=C(NC1CC1c1c(F)cccc1F)N1CCC(C)(C)C1. The third-order valence-corrected chi connectivity index (χ3v) is 4.66. The van der Waals surface area contributed by atoms with Crippen molar-refractivity contribution >= 4 is 5.96 Å². The summed E-state index contributed by atoms with van der Waals surface area (Å²) in [6.45, 7) is 6.42. The number of hydrogen-bond acceptors (Lipinski definition) is 1. The standard InChI is InChI=1S/C17H23F2N3/c1-17(2)7-8-22(10-17)16(20-3)21-14-9-11(14)15-12(18)5-4-6-13(15)19/h4-6,11,14H,7-10H2,1-3H3,(H,20,21). The first kappa shape index (κ1) is 15.3. The Bertz CT molecular complexity index is 577. The van der Waals surface area contributed by atoms with Crippen molar-refractivity contribution in [3.63, 3.8) is 0 Å². The van der Waals surface area contributed by atoms with E-state index in [0.717, 1.165) is 31.9 Å². The zero-order valence-electron chi connectivity index (χ0n) is 13.4. The second-order valence-electron chi connectivity index (χ2n) is 7.11. The van der Waals surface area contributed by atoms with Crippen LogP contribution in [0.1, 0.15) is 38.2 Å². The summed E-state index contributed by atoms with van der Waals surface area (Å²) in [7, 11) is 1.76.